The molecule has 4 aromatic carbocycles. The first-order valence-corrected chi connectivity index (χ1v) is 25.4. The molecular formula is C53H52Br2Cl2N4O10. The highest BCUT2D eigenvalue weighted by Crippen LogP contribution is 2.60. The van der Waals surface area contributed by atoms with Gasteiger partial charge in [0.2, 0.25) is 0 Å². The number of nitrogens with zero attached hydrogens (tertiary/aromatic N) is 2. The van der Waals surface area contributed by atoms with Gasteiger partial charge in [0.15, 0.2) is 0 Å². The minimum atomic E-state index is -1.38. The molecule has 2 aliphatic carbocycles. The number of para-hydroxylation sites is 2. The number of benzene rings is 4. The van der Waals surface area contributed by atoms with Crippen molar-refractivity contribution in [2.45, 2.75) is 88.5 Å². The Kier molecular flexibility index (Phi) is 14.1. The Balaban J connectivity index is 0.000000181. The molecule has 372 valence electrons. The molecule has 4 aromatic rings. The van der Waals surface area contributed by atoms with Crippen LogP contribution >= 0.6 is 55.1 Å². The van der Waals surface area contributed by atoms with E-state index in [0.717, 1.165) is 52.4 Å². The van der Waals surface area contributed by atoms with E-state index in [0.29, 0.717) is 35.3 Å². The van der Waals surface area contributed by atoms with Crippen molar-refractivity contribution in [3.05, 3.63) is 128 Å². The number of ether oxygens (including phenoxy) is 4. The van der Waals surface area contributed by atoms with Gasteiger partial charge >= 0.3 is 24.1 Å². The number of rotatable bonds is 2. The summed E-state index contributed by atoms with van der Waals surface area (Å²) in [5.74, 6) is -3.62. The van der Waals surface area contributed by atoms with Crippen molar-refractivity contribution in [1.82, 2.24) is 0 Å². The molecular weight excluding hydrogens is 1080 g/mol. The fourth-order valence-electron chi connectivity index (χ4n) is 10.9. The van der Waals surface area contributed by atoms with E-state index < -0.39 is 81.9 Å². The Bertz CT molecular complexity index is 2750. The molecule has 4 amide bonds. The Morgan fingerprint density at radius 2 is 0.972 bits per heavy atom. The van der Waals surface area contributed by atoms with E-state index in [4.69, 9.17) is 42.1 Å². The minimum absolute atomic E-state index is 0.194. The standard InChI is InChI=1S/2C26H25BrN2O5.CH2Cl2/c2*1-25(2,3)34-24(32)29-20-8-6-5-7-17(20)26(23(29)31)18(22(30)33-4)11-10-15-16-13-14(27)9-12-19(16)28-21(15)26;2-1-3/h2*5-10,12-13,18,21,28H,11H2,1-4H3;1H2/t2*18-,21-,26-;/m11./s1. The molecule has 6 atom stereocenters. The van der Waals surface area contributed by atoms with Gasteiger partial charge < -0.3 is 29.6 Å². The van der Waals surface area contributed by atoms with Gasteiger partial charge in [0.1, 0.15) is 22.0 Å². The van der Waals surface area contributed by atoms with Gasteiger partial charge in [-0.15, -0.1) is 23.2 Å². The number of esters is 2. The predicted molar refractivity (Wildman–Crippen MR) is 280 cm³/mol. The molecule has 2 N–H and O–H groups in total. The van der Waals surface area contributed by atoms with Gasteiger partial charge in [0, 0.05) is 31.4 Å². The molecule has 0 aromatic heterocycles. The number of methoxy groups -OCH3 is 2. The molecule has 10 rings (SSSR count). The number of anilines is 4. The number of carbonyl (C=O) groups is 6. The number of nitrogens with one attached hydrogen (secondary N) is 2. The first-order chi connectivity index (χ1) is 33.6. The second-order valence-corrected chi connectivity index (χ2v) is 22.2. The van der Waals surface area contributed by atoms with E-state index in [1.165, 1.54) is 14.2 Å². The number of hydrogen-bond donors (Lipinski definition) is 2. The van der Waals surface area contributed by atoms with Crippen molar-refractivity contribution in [1.29, 1.82) is 0 Å². The van der Waals surface area contributed by atoms with Crippen LogP contribution in [0.4, 0.5) is 32.3 Å². The third-order valence-corrected chi connectivity index (χ3v) is 14.4. The number of amides is 4. The highest BCUT2D eigenvalue weighted by molar-refractivity contribution is 9.10. The molecule has 0 unspecified atom stereocenters. The summed E-state index contributed by atoms with van der Waals surface area (Å²) in [4.78, 5) is 83.8. The lowest BCUT2D eigenvalue weighted by molar-refractivity contribution is -0.151. The average molecular weight is 1140 g/mol. The maximum Gasteiger partial charge on any atom is 0.421 e. The molecule has 0 bridgehead atoms. The minimum Gasteiger partial charge on any atom is -0.469 e. The molecule has 6 aliphatic rings. The highest BCUT2D eigenvalue weighted by atomic mass is 79.9. The van der Waals surface area contributed by atoms with E-state index in [2.05, 4.69) is 42.5 Å². The summed E-state index contributed by atoms with van der Waals surface area (Å²) in [6, 6.07) is 24.8. The van der Waals surface area contributed by atoms with Gasteiger partial charge in [-0.3, -0.25) is 19.2 Å². The molecule has 18 heteroatoms. The molecule has 2 spiro atoms. The largest absolute Gasteiger partial charge is 0.469 e. The van der Waals surface area contributed by atoms with Gasteiger partial charge in [-0.25, -0.2) is 19.4 Å². The lowest BCUT2D eigenvalue weighted by atomic mass is 9.60. The van der Waals surface area contributed by atoms with Crippen molar-refractivity contribution in [3.63, 3.8) is 0 Å². The summed E-state index contributed by atoms with van der Waals surface area (Å²) in [5, 5.41) is 7.17. The third kappa shape index (κ3) is 8.61. The fraction of sp³-hybridized carbons (Fsp3) is 0.358. The quantitative estimate of drug-likeness (QED) is 0.111. The van der Waals surface area contributed by atoms with Gasteiger partial charge in [0.05, 0.1) is 54.9 Å². The second kappa shape index (κ2) is 19.4. The SMILES string of the molecule is COC(=O)[C@H]1CC=C2c3cc(Br)ccc3N[C@H]2[C@]12C(=O)N(C(=O)OC(C)(C)C)c1ccccc12.COC(=O)[C@H]1CC=C2c3cc(Br)ccc3N[C@H]2[C@]12C(=O)N(C(=O)OC(C)(C)C)c1ccccc12.ClCCl. The maximum atomic E-state index is 14.4. The fourth-order valence-corrected chi connectivity index (χ4v) is 11.6. The van der Waals surface area contributed by atoms with Crippen molar-refractivity contribution < 1.29 is 47.7 Å². The van der Waals surface area contributed by atoms with E-state index in [9.17, 15) is 28.8 Å². The second-order valence-electron chi connectivity index (χ2n) is 19.6. The van der Waals surface area contributed by atoms with Crippen LogP contribution in [0.1, 0.15) is 76.6 Å². The summed E-state index contributed by atoms with van der Waals surface area (Å²) >= 11 is 16.6. The Labute approximate surface area is 438 Å². The predicted octanol–water partition coefficient (Wildman–Crippen LogP) is 11.5. The van der Waals surface area contributed by atoms with Gasteiger partial charge in [0.25, 0.3) is 11.8 Å². The van der Waals surface area contributed by atoms with Crippen LogP contribution in [0, 0.1) is 11.8 Å². The number of hydrogen-bond acceptors (Lipinski definition) is 12. The number of allylic oxidation sites excluding steroid dienone is 2. The van der Waals surface area contributed by atoms with Gasteiger partial charge in [-0.05, 0) is 125 Å². The summed E-state index contributed by atoms with van der Waals surface area (Å²) in [6.45, 7) is 10.5. The normalized spacial score (nSPS) is 23.9. The molecule has 0 fully saturated rings. The Morgan fingerprint density at radius 1 is 0.620 bits per heavy atom. The third-order valence-electron chi connectivity index (χ3n) is 13.4. The average Bonchev–Trinajstić information content (AvgIpc) is 4.02. The summed E-state index contributed by atoms with van der Waals surface area (Å²) in [5.41, 5.74) is 3.22. The number of imide groups is 2. The van der Waals surface area contributed by atoms with Crippen LogP contribution < -0.4 is 20.4 Å². The van der Waals surface area contributed by atoms with Gasteiger partial charge in [-0.2, -0.15) is 0 Å². The number of halogens is 4. The van der Waals surface area contributed by atoms with Crippen LogP contribution in [0.15, 0.2) is 106 Å². The Hall–Kier alpha value is -5.68. The highest BCUT2D eigenvalue weighted by Gasteiger charge is 2.68. The topological polar surface area (TPSA) is 170 Å². The van der Waals surface area contributed by atoms with Gasteiger partial charge in [-0.1, -0.05) is 80.4 Å². The molecule has 0 saturated carbocycles. The summed E-state index contributed by atoms with van der Waals surface area (Å²) in [7, 11) is 2.64. The molecule has 4 heterocycles. The number of alkyl halides is 2. The van der Waals surface area contributed by atoms with Crippen LogP contribution in [0.3, 0.4) is 0 Å². The first-order valence-electron chi connectivity index (χ1n) is 22.7. The van der Waals surface area contributed by atoms with E-state index in [-0.39, 0.29) is 5.34 Å². The lowest BCUT2D eigenvalue weighted by Gasteiger charge is -2.42. The van der Waals surface area contributed by atoms with E-state index in [1.54, 1.807) is 65.8 Å². The van der Waals surface area contributed by atoms with Crippen molar-refractivity contribution in [2.24, 2.45) is 11.8 Å². The molecule has 14 nitrogen and oxygen atoms in total. The zero-order chi connectivity index (χ0) is 51.5. The molecule has 4 aliphatic heterocycles. The van der Waals surface area contributed by atoms with Crippen LogP contribution in [0.25, 0.3) is 11.1 Å². The first kappa shape index (κ1) is 51.7. The summed E-state index contributed by atoms with van der Waals surface area (Å²) in [6.07, 6.45) is 3.06. The van der Waals surface area contributed by atoms with Crippen molar-refractivity contribution >= 4 is 125 Å². The van der Waals surface area contributed by atoms with Crippen molar-refractivity contribution in [2.75, 3.05) is 40.0 Å². The zero-order valence-electron chi connectivity index (χ0n) is 40.2. The van der Waals surface area contributed by atoms with Crippen LogP contribution in [-0.4, -0.2) is 78.8 Å². The molecule has 0 radical (unpaired) electrons. The number of fused-ring (bicyclic) bond motifs is 12. The maximum absolute atomic E-state index is 14.4. The molecule has 0 saturated heterocycles. The monoisotopic (exact) mass is 1130 g/mol. The van der Waals surface area contributed by atoms with Crippen LogP contribution in [0.2, 0.25) is 0 Å². The lowest BCUT2D eigenvalue weighted by Crippen LogP contribution is -2.59. The van der Waals surface area contributed by atoms with Crippen molar-refractivity contribution in [3.8, 4) is 0 Å². The number of carbonyl (C=O) groups excluding carboxylic acids is 6. The Morgan fingerprint density at radius 3 is 1.31 bits per heavy atom. The van der Waals surface area contributed by atoms with Crippen LogP contribution in [0.5, 0.6) is 0 Å². The molecule has 71 heavy (non-hydrogen) atoms. The van der Waals surface area contributed by atoms with Crippen LogP contribution in [-0.2, 0) is 49.0 Å². The zero-order valence-corrected chi connectivity index (χ0v) is 44.8. The van der Waals surface area contributed by atoms with E-state index in [1.807, 2.05) is 72.8 Å². The smallest absolute Gasteiger partial charge is 0.421 e. The van der Waals surface area contributed by atoms with E-state index >= 15 is 0 Å². The summed E-state index contributed by atoms with van der Waals surface area (Å²) < 4.78 is 23.4.